The third-order valence-electron chi connectivity index (χ3n) is 8.36. The Kier molecular flexibility index (Phi) is 8.24. The lowest BCUT2D eigenvalue weighted by molar-refractivity contribution is 0.0964. The Hall–Kier alpha value is -4.48. The summed E-state index contributed by atoms with van der Waals surface area (Å²) in [5.74, 6) is 0.292. The van der Waals surface area contributed by atoms with E-state index in [-0.39, 0.29) is 17.2 Å². The number of nitrogens with zero attached hydrogens (tertiary/aromatic N) is 5. The van der Waals surface area contributed by atoms with E-state index in [4.69, 9.17) is 4.74 Å². The van der Waals surface area contributed by atoms with Crippen LogP contribution in [0.5, 0.6) is 5.75 Å². The first kappa shape index (κ1) is 29.6. The van der Waals surface area contributed by atoms with Gasteiger partial charge in [0, 0.05) is 49.7 Å². The van der Waals surface area contributed by atoms with Gasteiger partial charge in [0.05, 0.1) is 18.5 Å². The topological polar surface area (TPSA) is 105 Å². The minimum Gasteiger partial charge on any atom is -0.491 e. The first-order valence-corrected chi connectivity index (χ1v) is 14.9. The second kappa shape index (κ2) is 12.3. The van der Waals surface area contributed by atoms with Crippen molar-refractivity contribution in [2.45, 2.75) is 38.8 Å². The van der Waals surface area contributed by atoms with E-state index in [1.54, 1.807) is 42.5 Å². The molecule has 1 amide bonds. The number of anilines is 3. The van der Waals surface area contributed by atoms with Gasteiger partial charge in [0.25, 0.3) is 11.5 Å². The molecule has 1 aliphatic carbocycles. The van der Waals surface area contributed by atoms with E-state index in [9.17, 15) is 14.7 Å². The van der Waals surface area contributed by atoms with Crippen LogP contribution in [-0.4, -0.2) is 63.8 Å². The maximum Gasteiger partial charge on any atom is 0.274 e. The molecule has 0 saturated heterocycles. The third-order valence-corrected chi connectivity index (χ3v) is 8.36. The highest BCUT2D eigenvalue weighted by molar-refractivity contribution is 6.07. The number of aryl methyl sites for hydroxylation is 2. The smallest absolute Gasteiger partial charge is 0.274 e. The number of amides is 1. The molecule has 6 rings (SSSR count). The fourth-order valence-corrected chi connectivity index (χ4v) is 6.13. The number of benzene rings is 1. The first-order chi connectivity index (χ1) is 21.2. The van der Waals surface area contributed by atoms with Gasteiger partial charge >= 0.3 is 0 Å². The lowest BCUT2D eigenvalue weighted by Gasteiger charge is -2.31. The molecule has 0 fully saturated rings. The van der Waals surface area contributed by atoms with Crippen LogP contribution in [0, 0.1) is 5.82 Å². The molecule has 2 aliphatic rings. The number of carbonyl (C=O) groups excluding carboxylic acids is 1. The molecule has 230 valence electrons. The Morgan fingerprint density at radius 2 is 1.91 bits per heavy atom. The number of hydrogen-bond acceptors (Lipinski definition) is 7. The second-order valence-corrected chi connectivity index (χ2v) is 11.6. The number of aliphatic hydroxyl groups excluding tert-OH is 1. The van der Waals surface area contributed by atoms with Crippen LogP contribution in [0.15, 0.2) is 53.6 Å². The van der Waals surface area contributed by atoms with Gasteiger partial charge in [0.1, 0.15) is 35.4 Å². The van der Waals surface area contributed by atoms with Crippen LogP contribution in [0.3, 0.4) is 0 Å². The summed E-state index contributed by atoms with van der Waals surface area (Å²) < 4.78 is 24.5. The molecule has 4 aromatic rings. The minimum absolute atomic E-state index is 0.208. The monoisotopic (exact) mass is 600 g/mol. The van der Waals surface area contributed by atoms with Gasteiger partial charge in [-0.2, -0.15) is 0 Å². The number of ether oxygens (including phenoxy) is 1. The molecular weight excluding hydrogens is 563 g/mol. The molecule has 0 saturated carbocycles. The molecule has 2 N–H and O–H groups in total. The summed E-state index contributed by atoms with van der Waals surface area (Å²) >= 11 is 0. The molecule has 3 aromatic heterocycles. The van der Waals surface area contributed by atoms with Gasteiger partial charge in [0.15, 0.2) is 0 Å². The SMILES string of the molecule is CN(C)CCOc1ccc(Nc2cc(-c3cc(F)cc(N4CCn5c(cc6c5CCCC6)C4=O)c3CO)cn(C)c2=O)nc1. The van der Waals surface area contributed by atoms with Crippen LogP contribution in [0.1, 0.15) is 40.2 Å². The average Bonchev–Trinajstić information content (AvgIpc) is 3.39. The number of rotatable bonds is 9. The second-order valence-electron chi connectivity index (χ2n) is 11.6. The molecule has 11 heteroatoms. The van der Waals surface area contributed by atoms with Crippen molar-refractivity contribution in [3.63, 3.8) is 0 Å². The van der Waals surface area contributed by atoms with Gasteiger partial charge in [-0.25, -0.2) is 9.37 Å². The maximum absolute atomic E-state index is 15.3. The zero-order valence-corrected chi connectivity index (χ0v) is 25.3. The summed E-state index contributed by atoms with van der Waals surface area (Å²) in [6.07, 6.45) is 7.32. The fourth-order valence-electron chi connectivity index (χ4n) is 6.13. The first-order valence-electron chi connectivity index (χ1n) is 14.9. The predicted octanol–water partition coefficient (Wildman–Crippen LogP) is 4.10. The predicted molar refractivity (Wildman–Crippen MR) is 167 cm³/mol. The standard InChI is InChI=1S/C33H37FN6O4/c1-37(2)12-13-44-24-8-9-31(35-18-24)36-27-14-22(19-38(3)32(27)42)25-16-23(34)17-29(26(25)20-41)40-11-10-39-28-7-5-4-6-21(28)15-30(39)33(40)43/h8-9,14-19,41H,4-7,10-13,20H2,1-3H3,(H,35,36). The summed E-state index contributed by atoms with van der Waals surface area (Å²) in [5.41, 5.74) is 4.61. The molecule has 0 atom stereocenters. The van der Waals surface area contributed by atoms with E-state index in [1.165, 1.54) is 28.0 Å². The molecule has 10 nitrogen and oxygen atoms in total. The van der Waals surface area contributed by atoms with Gasteiger partial charge in [0.2, 0.25) is 0 Å². The van der Waals surface area contributed by atoms with Crippen LogP contribution in [0.4, 0.5) is 21.6 Å². The van der Waals surface area contributed by atoms with Crippen molar-refractivity contribution in [2.24, 2.45) is 7.05 Å². The molecule has 1 aliphatic heterocycles. The largest absolute Gasteiger partial charge is 0.491 e. The van der Waals surface area contributed by atoms with Crippen molar-refractivity contribution >= 4 is 23.1 Å². The number of aliphatic hydroxyl groups is 1. The van der Waals surface area contributed by atoms with E-state index in [1.807, 2.05) is 25.1 Å². The molecule has 0 spiro atoms. The third kappa shape index (κ3) is 5.72. The molecule has 1 aromatic carbocycles. The normalized spacial score (nSPS) is 14.5. The number of nitrogens with one attached hydrogen (secondary N) is 1. The average molecular weight is 601 g/mol. The fraction of sp³-hybridized carbons (Fsp3) is 0.364. The lowest BCUT2D eigenvalue weighted by Crippen LogP contribution is -2.41. The van der Waals surface area contributed by atoms with E-state index in [0.29, 0.717) is 59.3 Å². The summed E-state index contributed by atoms with van der Waals surface area (Å²) in [4.78, 5) is 34.8. The molecule has 44 heavy (non-hydrogen) atoms. The highest BCUT2D eigenvalue weighted by Crippen LogP contribution is 2.36. The lowest BCUT2D eigenvalue weighted by atomic mass is 9.97. The summed E-state index contributed by atoms with van der Waals surface area (Å²) in [6, 6.07) is 9.70. The minimum atomic E-state index is -0.546. The molecule has 0 bridgehead atoms. The zero-order chi connectivity index (χ0) is 31.0. The number of hydrogen-bond donors (Lipinski definition) is 2. The maximum atomic E-state index is 15.3. The van der Waals surface area contributed by atoms with Crippen molar-refractivity contribution in [1.29, 1.82) is 0 Å². The summed E-state index contributed by atoms with van der Waals surface area (Å²) in [6.45, 7) is 1.83. The zero-order valence-electron chi connectivity index (χ0n) is 25.3. The number of likely N-dealkylation sites (N-methyl/N-ethyl adjacent to an activating group) is 1. The highest BCUT2D eigenvalue weighted by Gasteiger charge is 2.32. The number of fused-ring (bicyclic) bond motifs is 3. The van der Waals surface area contributed by atoms with Crippen molar-refractivity contribution in [1.82, 2.24) is 19.0 Å². The number of aromatic nitrogens is 3. The van der Waals surface area contributed by atoms with Crippen molar-refractivity contribution in [3.05, 3.63) is 87.5 Å². The Labute approximate surface area is 255 Å². The van der Waals surface area contributed by atoms with Crippen molar-refractivity contribution in [2.75, 3.05) is 44.0 Å². The van der Waals surface area contributed by atoms with Crippen LogP contribution in [0.2, 0.25) is 0 Å². The van der Waals surface area contributed by atoms with Crippen molar-refractivity contribution in [3.8, 4) is 16.9 Å². The number of carbonyl (C=O) groups is 1. The van der Waals surface area contributed by atoms with Crippen LogP contribution in [-0.2, 0) is 33.0 Å². The Bertz CT molecular complexity index is 1760. The molecule has 0 unspecified atom stereocenters. The van der Waals surface area contributed by atoms with Crippen LogP contribution < -0.4 is 20.5 Å². The van der Waals surface area contributed by atoms with Gasteiger partial charge in [-0.1, -0.05) is 0 Å². The molecule has 4 heterocycles. The van der Waals surface area contributed by atoms with E-state index in [0.717, 1.165) is 32.2 Å². The summed E-state index contributed by atoms with van der Waals surface area (Å²) in [7, 11) is 5.54. The van der Waals surface area contributed by atoms with E-state index < -0.39 is 12.4 Å². The van der Waals surface area contributed by atoms with Gasteiger partial charge in [-0.05, 0) is 87.3 Å². The van der Waals surface area contributed by atoms with E-state index >= 15 is 4.39 Å². The van der Waals surface area contributed by atoms with Crippen LogP contribution in [0.25, 0.3) is 11.1 Å². The molecular formula is C33H37FN6O4. The number of pyridine rings is 2. The Balaban J connectivity index is 1.31. The van der Waals surface area contributed by atoms with Crippen molar-refractivity contribution < 1.29 is 19.0 Å². The van der Waals surface area contributed by atoms with Gasteiger partial charge in [-0.3, -0.25) is 9.59 Å². The quantitative estimate of drug-likeness (QED) is 0.298. The van der Waals surface area contributed by atoms with E-state index in [2.05, 4.69) is 14.9 Å². The van der Waals surface area contributed by atoms with Gasteiger partial charge < -0.3 is 34.1 Å². The molecule has 0 radical (unpaired) electrons. The Morgan fingerprint density at radius 3 is 2.66 bits per heavy atom. The summed E-state index contributed by atoms with van der Waals surface area (Å²) in [5, 5.41) is 13.6. The van der Waals surface area contributed by atoms with Crippen LogP contribution >= 0.6 is 0 Å². The number of halogens is 1. The van der Waals surface area contributed by atoms with Gasteiger partial charge in [-0.15, -0.1) is 0 Å². The Morgan fingerprint density at radius 1 is 1.09 bits per heavy atom. The highest BCUT2D eigenvalue weighted by atomic mass is 19.1.